The normalized spacial score (nSPS) is 32.8. The Labute approximate surface area is 105 Å². The van der Waals surface area contributed by atoms with Crippen molar-refractivity contribution in [2.45, 2.75) is 52.4 Å². The minimum Gasteiger partial charge on any atom is -0.345 e. The topological polar surface area (TPSA) is 0 Å². The summed E-state index contributed by atoms with van der Waals surface area (Å²) in [5, 5.41) is 0. The van der Waals surface area contributed by atoms with Gasteiger partial charge in [-0.15, -0.1) is 0 Å². The van der Waals surface area contributed by atoms with E-state index in [-0.39, 0.29) is 21.1 Å². The van der Waals surface area contributed by atoms with Crippen LogP contribution >= 0.6 is 0 Å². The molecular formula is C13H24W. The minimum absolute atomic E-state index is 0. The van der Waals surface area contributed by atoms with Crippen molar-refractivity contribution in [3.8, 4) is 0 Å². The third-order valence-electron chi connectivity index (χ3n) is 3.38. The first-order valence-electron chi connectivity index (χ1n) is 5.70. The maximum Gasteiger partial charge on any atom is 2.00 e. The van der Waals surface area contributed by atoms with Crippen molar-refractivity contribution in [3.05, 3.63) is 13.8 Å². The Morgan fingerprint density at radius 2 is 2.07 bits per heavy atom. The molecule has 0 aromatic rings. The van der Waals surface area contributed by atoms with Gasteiger partial charge in [-0.2, -0.15) is 5.41 Å². The van der Waals surface area contributed by atoms with Gasteiger partial charge in [0.15, 0.2) is 0 Å². The van der Waals surface area contributed by atoms with Gasteiger partial charge in [0, 0.05) is 0 Å². The van der Waals surface area contributed by atoms with Crippen LogP contribution < -0.4 is 0 Å². The molecule has 2 atom stereocenters. The summed E-state index contributed by atoms with van der Waals surface area (Å²) in [6.07, 6.45) is 7.81. The van der Waals surface area contributed by atoms with Crippen LogP contribution in [0.5, 0.6) is 0 Å². The van der Waals surface area contributed by atoms with Crippen molar-refractivity contribution >= 4 is 0 Å². The molecule has 0 nitrogen and oxygen atoms in total. The molecule has 82 valence electrons. The first kappa shape index (κ1) is 14.7. The smallest absolute Gasteiger partial charge is 0.345 e. The van der Waals surface area contributed by atoms with E-state index in [1.54, 1.807) is 0 Å². The Kier molecular flexibility index (Phi) is 6.62. The average Bonchev–Trinajstić information content (AvgIpc) is 2.03. The van der Waals surface area contributed by atoms with E-state index < -0.39 is 0 Å². The van der Waals surface area contributed by atoms with Crippen molar-refractivity contribution in [3.63, 3.8) is 0 Å². The Morgan fingerprint density at radius 1 is 1.43 bits per heavy atom. The molecule has 14 heavy (non-hydrogen) atoms. The van der Waals surface area contributed by atoms with Crippen LogP contribution in [0.3, 0.4) is 0 Å². The zero-order valence-electron chi connectivity index (χ0n) is 9.72. The van der Waals surface area contributed by atoms with Crippen LogP contribution in [0.2, 0.25) is 0 Å². The van der Waals surface area contributed by atoms with Crippen LogP contribution in [-0.2, 0) is 21.1 Å². The summed E-state index contributed by atoms with van der Waals surface area (Å²) in [5.74, 6) is 1.77. The van der Waals surface area contributed by atoms with Crippen LogP contribution in [0.1, 0.15) is 52.4 Å². The fourth-order valence-corrected chi connectivity index (χ4v) is 2.68. The van der Waals surface area contributed by atoms with Gasteiger partial charge < -0.3 is 13.8 Å². The maximum absolute atomic E-state index is 4.34. The second-order valence-corrected chi connectivity index (χ2v) is 5.34. The quantitative estimate of drug-likeness (QED) is 0.657. The third-order valence-corrected chi connectivity index (χ3v) is 3.38. The molecular weight excluding hydrogens is 340 g/mol. The largest absolute Gasteiger partial charge is 2.00 e. The monoisotopic (exact) mass is 364 g/mol. The van der Waals surface area contributed by atoms with Crippen molar-refractivity contribution in [2.24, 2.45) is 17.3 Å². The summed E-state index contributed by atoms with van der Waals surface area (Å²) in [4.78, 5) is 0. The second kappa shape index (κ2) is 6.31. The van der Waals surface area contributed by atoms with Crippen molar-refractivity contribution in [2.75, 3.05) is 0 Å². The van der Waals surface area contributed by atoms with Crippen LogP contribution in [0.15, 0.2) is 0 Å². The van der Waals surface area contributed by atoms with E-state index in [0.717, 1.165) is 18.3 Å². The van der Waals surface area contributed by atoms with E-state index >= 15 is 0 Å². The van der Waals surface area contributed by atoms with E-state index in [0.29, 0.717) is 5.41 Å². The van der Waals surface area contributed by atoms with Crippen molar-refractivity contribution in [1.82, 2.24) is 0 Å². The van der Waals surface area contributed by atoms with Gasteiger partial charge in [-0.05, 0) is 18.3 Å². The molecule has 1 fully saturated rings. The predicted octanol–water partition coefficient (Wildman–Crippen LogP) is 4.26. The zero-order chi connectivity index (χ0) is 9.90. The first-order valence-corrected chi connectivity index (χ1v) is 5.70. The molecule has 0 N–H and O–H groups in total. The van der Waals surface area contributed by atoms with Crippen LogP contribution in [0.25, 0.3) is 0 Å². The van der Waals surface area contributed by atoms with Gasteiger partial charge in [-0.1, -0.05) is 39.5 Å². The Balaban J connectivity index is 0.00000169. The van der Waals surface area contributed by atoms with Crippen molar-refractivity contribution in [1.29, 1.82) is 0 Å². The molecule has 0 saturated heterocycles. The maximum atomic E-state index is 4.34. The van der Waals surface area contributed by atoms with E-state index in [4.69, 9.17) is 0 Å². The van der Waals surface area contributed by atoms with E-state index in [2.05, 4.69) is 27.7 Å². The first-order chi connectivity index (χ1) is 6.06. The van der Waals surface area contributed by atoms with Crippen molar-refractivity contribution < 1.29 is 21.1 Å². The molecule has 1 saturated carbocycles. The van der Waals surface area contributed by atoms with Gasteiger partial charge in [-0.25, -0.2) is 6.42 Å². The Hall–Kier alpha value is 0.688. The van der Waals surface area contributed by atoms with Gasteiger partial charge >= 0.3 is 21.1 Å². The molecule has 0 aliphatic heterocycles. The van der Waals surface area contributed by atoms with Gasteiger partial charge in [0.25, 0.3) is 0 Å². The number of hydrogen-bond donors (Lipinski definition) is 0. The van der Waals surface area contributed by atoms with Gasteiger partial charge in [0.1, 0.15) is 0 Å². The molecule has 0 bridgehead atoms. The van der Waals surface area contributed by atoms with E-state index in [9.17, 15) is 0 Å². The minimum atomic E-state index is 0. The standard InChI is InChI=1S/C13H24.W/c1-5-13(4)8-6-7-12(10-13)9-11(2)3;/h11-12H,1,4-10H2,2-3H3;/q-2;+2. The summed E-state index contributed by atoms with van der Waals surface area (Å²) in [7, 11) is 0. The fraction of sp³-hybridized carbons (Fsp3) is 0.846. The summed E-state index contributed by atoms with van der Waals surface area (Å²) in [6.45, 7) is 13.0. The summed E-state index contributed by atoms with van der Waals surface area (Å²) in [6, 6.07) is 0. The van der Waals surface area contributed by atoms with Gasteiger partial charge in [0.05, 0.1) is 0 Å². The molecule has 1 rings (SSSR count). The Morgan fingerprint density at radius 3 is 2.57 bits per heavy atom. The molecule has 0 amide bonds. The van der Waals surface area contributed by atoms with Crippen LogP contribution in [0, 0.1) is 31.1 Å². The molecule has 0 heterocycles. The predicted molar refractivity (Wildman–Crippen MR) is 59.2 cm³/mol. The van der Waals surface area contributed by atoms with E-state index in [1.165, 1.54) is 32.1 Å². The van der Waals surface area contributed by atoms with Gasteiger partial charge in [0.2, 0.25) is 0 Å². The van der Waals surface area contributed by atoms with E-state index in [1.807, 2.05) is 0 Å². The molecule has 0 radical (unpaired) electrons. The average molecular weight is 364 g/mol. The number of rotatable bonds is 3. The SMILES string of the molecule is [CH2-]CC1([CH2-])CCCC(CC(C)C)C1.[W+2]. The molecule has 0 aromatic heterocycles. The molecule has 0 aromatic carbocycles. The molecule has 2 unspecified atom stereocenters. The molecule has 1 aliphatic carbocycles. The summed E-state index contributed by atoms with van der Waals surface area (Å²) < 4.78 is 0. The molecule has 1 heteroatoms. The summed E-state index contributed by atoms with van der Waals surface area (Å²) in [5.41, 5.74) is 0.317. The molecule has 1 aliphatic rings. The third kappa shape index (κ3) is 4.47. The van der Waals surface area contributed by atoms with Crippen LogP contribution in [-0.4, -0.2) is 0 Å². The Bertz CT molecular complexity index is 153. The zero-order valence-corrected chi connectivity index (χ0v) is 12.7. The molecule has 0 spiro atoms. The van der Waals surface area contributed by atoms with Gasteiger partial charge in [-0.3, -0.25) is 0 Å². The second-order valence-electron chi connectivity index (χ2n) is 5.34. The number of hydrogen-bond acceptors (Lipinski definition) is 0. The fourth-order valence-electron chi connectivity index (χ4n) is 2.68. The summed E-state index contributed by atoms with van der Waals surface area (Å²) >= 11 is 0. The van der Waals surface area contributed by atoms with Crippen LogP contribution in [0.4, 0.5) is 0 Å².